The summed E-state index contributed by atoms with van der Waals surface area (Å²) in [5.74, 6) is -0.645. The van der Waals surface area contributed by atoms with E-state index in [0.29, 0.717) is 22.8 Å². The van der Waals surface area contributed by atoms with Crippen molar-refractivity contribution in [1.82, 2.24) is 9.78 Å². The first-order valence-corrected chi connectivity index (χ1v) is 11.8. The third kappa shape index (κ3) is 4.43. The molecule has 0 radical (unpaired) electrons. The minimum Gasteiger partial charge on any atom is -0.325 e. The molecule has 5 rings (SSSR count). The summed E-state index contributed by atoms with van der Waals surface area (Å²) in [7, 11) is 0. The molecule has 3 aromatic carbocycles. The average Bonchev–Trinajstić information content (AvgIpc) is 3.29. The van der Waals surface area contributed by atoms with Crippen LogP contribution in [0.3, 0.4) is 0 Å². The Hall–Kier alpha value is -4.52. The van der Waals surface area contributed by atoms with Crippen LogP contribution in [0.15, 0.2) is 90.1 Å². The predicted octanol–water partition coefficient (Wildman–Crippen LogP) is 5.70. The first-order chi connectivity index (χ1) is 17.4. The molecule has 2 unspecified atom stereocenters. The highest BCUT2D eigenvalue weighted by atomic mass is 16.2. The van der Waals surface area contributed by atoms with E-state index in [4.69, 9.17) is 4.99 Å². The van der Waals surface area contributed by atoms with Crippen molar-refractivity contribution in [3.05, 3.63) is 107 Å². The van der Waals surface area contributed by atoms with Gasteiger partial charge in [0.1, 0.15) is 11.5 Å². The van der Waals surface area contributed by atoms with Crippen LogP contribution in [0.25, 0.3) is 0 Å². The summed E-state index contributed by atoms with van der Waals surface area (Å²) >= 11 is 0. The Morgan fingerprint density at radius 2 is 1.56 bits per heavy atom. The van der Waals surface area contributed by atoms with E-state index in [1.807, 2.05) is 99.6 Å². The smallest absolute Gasteiger partial charge is 0.261 e. The highest BCUT2D eigenvalue weighted by molar-refractivity contribution is 6.12. The normalized spacial score (nSPS) is 16.6. The molecule has 2 amide bonds. The molecule has 36 heavy (non-hydrogen) atoms. The molecular weight excluding hydrogens is 450 g/mol. The molecule has 0 spiro atoms. The van der Waals surface area contributed by atoms with Crippen molar-refractivity contribution >= 4 is 34.7 Å². The van der Waals surface area contributed by atoms with Crippen molar-refractivity contribution in [3.63, 3.8) is 0 Å². The van der Waals surface area contributed by atoms with Crippen molar-refractivity contribution in [2.45, 2.75) is 26.8 Å². The van der Waals surface area contributed by atoms with Crippen LogP contribution in [0.4, 0.5) is 17.2 Å². The molecule has 7 nitrogen and oxygen atoms in total. The van der Waals surface area contributed by atoms with Gasteiger partial charge < -0.3 is 10.6 Å². The number of anilines is 2. The number of carbonyl (C=O) groups excluding carboxylic acids is 2. The van der Waals surface area contributed by atoms with Crippen molar-refractivity contribution in [2.75, 3.05) is 10.6 Å². The number of para-hydroxylation sites is 1. The maximum atomic E-state index is 13.7. The Labute approximate surface area is 209 Å². The quantitative estimate of drug-likeness (QED) is 0.386. The van der Waals surface area contributed by atoms with E-state index in [2.05, 4.69) is 15.7 Å². The molecule has 1 aliphatic heterocycles. The molecule has 0 aliphatic carbocycles. The zero-order chi connectivity index (χ0) is 25.2. The molecule has 1 aliphatic rings. The number of nitrogens with zero attached hydrogens (tertiary/aromatic N) is 3. The second kappa shape index (κ2) is 9.62. The van der Waals surface area contributed by atoms with Crippen LogP contribution in [-0.4, -0.2) is 27.3 Å². The van der Waals surface area contributed by atoms with Gasteiger partial charge in [-0.1, -0.05) is 66.2 Å². The summed E-state index contributed by atoms with van der Waals surface area (Å²) in [6.45, 7) is 5.83. The Kier molecular flexibility index (Phi) is 6.21. The number of fused-ring (bicyclic) bond motifs is 1. The lowest BCUT2D eigenvalue weighted by Gasteiger charge is -2.31. The van der Waals surface area contributed by atoms with E-state index in [1.54, 1.807) is 4.68 Å². The molecule has 0 fully saturated rings. The van der Waals surface area contributed by atoms with Crippen LogP contribution in [-0.2, 0) is 4.79 Å². The largest absolute Gasteiger partial charge is 0.325 e. The maximum absolute atomic E-state index is 13.7. The van der Waals surface area contributed by atoms with Gasteiger partial charge in [0.2, 0.25) is 5.91 Å². The Morgan fingerprint density at radius 1 is 0.861 bits per heavy atom. The fourth-order valence-electron chi connectivity index (χ4n) is 4.64. The summed E-state index contributed by atoms with van der Waals surface area (Å²) in [5, 5.41) is 10.5. The average molecular weight is 478 g/mol. The van der Waals surface area contributed by atoms with Gasteiger partial charge in [0.05, 0.1) is 12.2 Å². The number of carbonyl (C=O) groups is 2. The van der Waals surface area contributed by atoms with E-state index < -0.39 is 12.0 Å². The van der Waals surface area contributed by atoms with E-state index in [1.165, 1.54) is 6.20 Å². The number of hydrogen-bond donors (Lipinski definition) is 2. The van der Waals surface area contributed by atoms with E-state index in [-0.39, 0.29) is 11.8 Å². The lowest BCUT2D eigenvalue weighted by molar-refractivity contribution is -0.118. The zero-order valence-electron chi connectivity index (χ0n) is 20.4. The number of aromatic nitrogens is 2. The molecule has 2 N–H and O–H groups in total. The number of benzene rings is 3. The van der Waals surface area contributed by atoms with Crippen molar-refractivity contribution < 1.29 is 9.59 Å². The maximum Gasteiger partial charge on any atom is 0.261 e. The van der Waals surface area contributed by atoms with E-state index in [9.17, 15) is 9.59 Å². The Morgan fingerprint density at radius 3 is 2.25 bits per heavy atom. The predicted molar refractivity (Wildman–Crippen MR) is 142 cm³/mol. The SMILES string of the molecule is CC1=Nc2c(C(=O)Nc3ccccc3)cnn2C(c2ccccc2)C1C(=O)Nc1ccc(C)cc1C. The molecule has 1 aromatic heterocycles. The monoisotopic (exact) mass is 477 g/mol. The highest BCUT2D eigenvalue weighted by Gasteiger charge is 2.39. The molecule has 2 atom stereocenters. The molecule has 4 aromatic rings. The zero-order valence-corrected chi connectivity index (χ0v) is 20.4. The van der Waals surface area contributed by atoms with Crippen LogP contribution in [0, 0.1) is 19.8 Å². The van der Waals surface area contributed by atoms with Gasteiger partial charge >= 0.3 is 0 Å². The number of nitrogens with one attached hydrogen (secondary N) is 2. The lowest BCUT2D eigenvalue weighted by atomic mass is 9.87. The van der Waals surface area contributed by atoms with Crippen LogP contribution >= 0.6 is 0 Å². The minimum absolute atomic E-state index is 0.173. The third-order valence-electron chi connectivity index (χ3n) is 6.42. The van der Waals surface area contributed by atoms with Crippen molar-refractivity contribution in [3.8, 4) is 0 Å². The van der Waals surface area contributed by atoms with Gasteiger partial charge in [-0.2, -0.15) is 5.10 Å². The van der Waals surface area contributed by atoms with Crippen molar-refractivity contribution in [2.24, 2.45) is 10.9 Å². The standard InChI is InChI=1S/C29H27N5O2/c1-18-14-15-24(19(2)16-18)33-29(36)25-20(3)31-27-23(28(35)32-22-12-8-5-9-13-22)17-30-34(27)26(25)21-10-6-4-7-11-21/h4-17,25-26H,1-3H3,(H,32,35)(H,33,36). The summed E-state index contributed by atoms with van der Waals surface area (Å²) in [6, 6.07) is 24.5. The highest BCUT2D eigenvalue weighted by Crippen LogP contribution is 2.38. The molecule has 7 heteroatoms. The van der Waals surface area contributed by atoms with E-state index >= 15 is 0 Å². The van der Waals surface area contributed by atoms with Crippen LogP contribution < -0.4 is 10.6 Å². The molecular formula is C29H27N5O2. The van der Waals surface area contributed by atoms with Gasteiger partial charge in [0.25, 0.3) is 5.91 Å². The Balaban J connectivity index is 1.53. The van der Waals surface area contributed by atoms with Crippen LogP contribution in [0.2, 0.25) is 0 Å². The molecule has 0 bridgehead atoms. The number of aryl methyl sites for hydroxylation is 2. The van der Waals surface area contributed by atoms with Crippen LogP contribution in [0.5, 0.6) is 0 Å². The second-order valence-corrected chi connectivity index (χ2v) is 9.04. The van der Waals surface area contributed by atoms with Gasteiger partial charge in [-0.15, -0.1) is 0 Å². The first-order valence-electron chi connectivity index (χ1n) is 11.8. The van der Waals surface area contributed by atoms with Gasteiger partial charge in [0.15, 0.2) is 5.82 Å². The summed E-state index contributed by atoms with van der Waals surface area (Å²) in [6.07, 6.45) is 1.52. The minimum atomic E-state index is -0.606. The summed E-state index contributed by atoms with van der Waals surface area (Å²) in [4.78, 5) is 31.5. The number of hydrogen-bond acceptors (Lipinski definition) is 4. The fourth-order valence-corrected chi connectivity index (χ4v) is 4.64. The number of amides is 2. The fraction of sp³-hybridized carbons (Fsp3) is 0.172. The van der Waals surface area contributed by atoms with Gasteiger partial charge in [0, 0.05) is 17.1 Å². The molecule has 0 saturated carbocycles. The van der Waals surface area contributed by atoms with E-state index in [0.717, 1.165) is 22.4 Å². The first kappa shape index (κ1) is 23.2. The molecule has 2 heterocycles. The second-order valence-electron chi connectivity index (χ2n) is 9.04. The third-order valence-corrected chi connectivity index (χ3v) is 6.42. The molecule has 0 saturated heterocycles. The lowest BCUT2D eigenvalue weighted by Crippen LogP contribution is -2.39. The van der Waals surface area contributed by atoms with Gasteiger partial charge in [-0.25, -0.2) is 9.67 Å². The van der Waals surface area contributed by atoms with Gasteiger partial charge in [-0.3, -0.25) is 9.59 Å². The molecule has 180 valence electrons. The van der Waals surface area contributed by atoms with Crippen LogP contribution in [0.1, 0.15) is 40.0 Å². The topological polar surface area (TPSA) is 88.4 Å². The summed E-state index contributed by atoms with van der Waals surface area (Å²) < 4.78 is 1.69. The number of rotatable bonds is 5. The summed E-state index contributed by atoms with van der Waals surface area (Å²) in [5.41, 5.74) is 5.45. The van der Waals surface area contributed by atoms with Gasteiger partial charge in [-0.05, 0) is 50.1 Å². The Bertz CT molecular complexity index is 1460. The number of aliphatic imine (C=N–C) groups is 1. The van der Waals surface area contributed by atoms with Crippen molar-refractivity contribution in [1.29, 1.82) is 0 Å².